The van der Waals surface area contributed by atoms with Gasteiger partial charge in [-0.05, 0) is 29.3 Å². The lowest BCUT2D eigenvalue weighted by atomic mass is 10.2. The average Bonchev–Trinajstić information content (AvgIpc) is 2.65. The number of pyridine rings is 2. The van der Waals surface area contributed by atoms with Crippen molar-refractivity contribution in [2.75, 3.05) is 26.2 Å². The molecule has 3 rings (SSSR count). The molecular weight excluding hydrogens is 336 g/mol. The fourth-order valence-corrected chi connectivity index (χ4v) is 2.60. The highest BCUT2D eigenvalue weighted by Gasteiger charge is 2.16. The number of aromatic nitrogens is 2. The van der Waals surface area contributed by atoms with E-state index in [1.165, 1.54) is 11.1 Å². The van der Waals surface area contributed by atoms with Gasteiger partial charge in [-0.3, -0.25) is 19.8 Å². The van der Waals surface area contributed by atoms with E-state index in [1.54, 1.807) is 0 Å². The Labute approximate surface area is 151 Å². The van der Waals surface area contributed by atoms with E-state index in [-0.39, 0.29) is 0 Å². The van der Waals surface area contributed by atoms with Crippen molar-refractivity contribution in [2.45, 2.75) is 13.1 Å². The number of hydrogen-bond donors (Lipinski definition) is 2. The van der Waals surface area contributed by atoms with Crippen LogP contribution in [0.3, 0.4) is 0 Å². The molecular formula is C18H22N4O4. The first kappa shape index (κ1) is 19.5. The number of piperazine rings is 1. The van der Waals surface area contributed by atoms with Crippen molar-refractivity contribution in [1.82, 2.24) is 19.8 Å². The van der Waals surface area contributed by atoms with Gasteiger partial charge in [0.2, 0.25) is 0 Å². The lowest BCUT2D eigenvalue weighted by Crippen LogP contribution is -2.45. The zero-order valence-electron chi connectivity index (χ0n) is 14.4. The summed E-state index contributed by atoms with van der Waals surface area (Å²) in [6, 6.07) is 8.36. The minimum atomic E-state index is -1.82. The van der Waals surface area contributed by atoms with Crippen LogP contribution in [-0.4, -0.2) is 68.1 Å². The van der Waals surface area contributed by atoms with Crippen LogP contribution in [-0.2, 0) is 22.7 Å². The van der Waals surface area contributed by atoms with Crippen LogP contribution in [0.2, 0.25) is 0 Å². The lowest BCUT2D eigenvalue weighted by molar-refractivity contribution is -0.159. The summed E-state index contributed by atoms with van der Waals surface area (Å²) in [6.07, 6.45) is 7.53. The molecule has 1 fully saturated rings. The van der Waals surface area contributed by atoms with Crippen molar-refractivity contribution in [1.29, 1.82) is 0 Å². The van der Waals surface area contributed by atoms with Gasteiger partial charge in [-0.2, -0.15) is 0 Å². The van der Waals surface area contributed by atoms with Gasteiger partial charge in [-0.1, -0.05) is 6.07 Å². The molecule has 0 amide bonds. The van der Waals surface area contributed by atoms with E-state index >= 15 is 0 Å². The number of hydrogen-bond acceptors (Lipinski definition) is 6. The van der Waals surface area contributed by atoms with Crippen molar-refractivity contribution < 1.29 is 19.8 Å². The third-order valence-electron chi connectivity index (χ3n) is 3.93. The summed E-state index contributed by atoms with van der Waals surface area (Å²) in [5.41, 5.74) is 2.65. The smallest absolute Gasteiger partial charge is 0.414 e. The van der Waals surface area contributed by atoms with E-state index in [4.69, 9.17) is 19.8 Å². The standard InChI is InChI=1S/C16H20N4.C2H2O4/c1-2-16(12-18-5-1)14-20-10-8-19(9-11-20)13-15-3-6-17-7-4-15;3-1(4)2(5)6/h1-7,12H,8-11,13-14H2;(H,3,4)(H,5,6). The molecule has 1 aliphatic rings. The Hall–Kier alpha value is -2.84. The van der Waals surface area contributed by atoms with Gasteiger partial charge in [0.1, 0.15) is 0 Å². The van der Waals surface area contributed by atoms with E-state index in [0.717, 1.165) is 39.3 Å². The van der Waals surface area contributed by atoms with Crippen molar-refractivity contribution in [3.05, 3.63) is 60.2 Å². The molecule has 8 heteroatoms. The van der Waals surface area contributed by atoms with Gasteiger partial charge in [-0.25, -0.2) is 9.59 Å². The molecule has 3 heterocycles. The first-order valence-corrected chi connectivity index (χ1v) is 8.23. The van der Waals surface area contributed by atoms with Crippen LogP contribution < -0.4 is 0 Å². The van der Waals surface area contributed by atoms with Gasteiger partial charge in [0.25, 0.3) is 0 Å². The van der Waals surface area contributed by atoms with E-state index in [0.29, 0.717) is 0 Å². The van der Waals surface area contributed by atoms with Crippen LogP contribution in [0.25, 0.3) is 0 Å². The van der Waals surface area contributed by atoms with E-state index in [9.17, 15) is 0 Å². The summed E-state index contributed by atoms with van der Waals surface area (Å²) >= 11 is 0. The molecule has 138 valence electrons. The number of nitrogens with zero attached hydrogens (tertiary/aromatic N) is 4. The first-order chi connectivity index (χ1) is 12.5. The lowest BCUT2D eigenvalue weighted by Gasteiger charge is -2.34. The molecule has 2 aromatic rings. The van der Waals surface area contributed by atoms with Gasteiger partial charge < -0.3 is 10.2 Å². The van der Waals surface area contributed by atoms with Gasteiger partial charge >= 0.3 is 11.9 Å². The van der Waals surface area contributed by atoms with E-state index in [1.807, 2.05) is 30.9 Å². The number of carboxylic acids is 2. The number of rotatable bonds is 4. The largest absolute Gasteiger partial charge is 0.473 e. The van der Waals surface area contributed by atoms with Crippen LogP contribution in [0, 0.1) is 0 Å². The Morgan fingerprint density at radius 2 is 1.35 bits per heavy atom. The molecule has 8 nitrogen and oxygen atoms in total. The summed E-state index contributed by atoms with van der Waals surface area (Å²) in [7, 11) is 0. The van der Waals surface area contributed by atoms with Crippen LogP contribution in [0.15, 0.2) is 49.1 Å². The molecule has 0 unspecified atom stereocenters. The molecule has 0 aromatic carbocycles. The minimum Gasteiger partial charge on any atom is -0.473 e. The molecule has 0 aliphatic carbocycles. The van der Waals surface area contributed by atoms with Crippen molar-refractivity contribution in [3.63, 3.8) is 0 Å². The van der Waals surface area contributed by atoms with Crippen LogP contribution in [0.5, 0.6) is 0 Å². The van der Waals surface area contributed by atoms with Crippen LogP contribution in [0.1, 0.15) is 11.1 Å². The Kier molecular flexibility index (Phi) is 7.66. The first-order valence-electron chi connectivity index (χ1n) is 8.23. The second kappa shape index (κ2) is 10.2. The molecule has 1 aliphatic heterocycles. The zero-order chi connectivity index (χ0) is 18.8. The molecule has 0 bridgehead atoms. The molecule has 1 saturated heterocycles. The highest BCUT2D eigenvalue weighted by atomic mass is 16.4. The molecule has 2 aromatic heterocycles. The predicted octanol–water partition coefficient (Wildman–Crippen LogP) is 0.950. The van der Waals surface area contributed by atoms with Gasteiger partial charge in [0, 0.05) is 64.1 Å². The number of carboxylic acid groups (broad SMARTS) is 2. The summed E-state index contributed by atoms with van der Waals surface area (Å²) in [4.78, 5) is 31.5. The van der Waals surface area contributed by atoms with E-state index in [2.05, 4.69) is 38.0 Å². The quantitative estimate of drug-likeness (QED) is 0.778. The van der Waals surface area contributed by atoms with Crippen molar-refractivity contribution >= 4 is 11.9 Å². The maximum atomic E-state index is 9.10. The summed E-state index contributed by atoms with van der Waals surface area (Å²) in [6.45, 7) is 6.55. The third-order valence-corrected chi connectivity index (χ3v) is 3.93. The molecule has 0 radical (unpaired) electrons. The molecule has 2 N–H and O–H groups in total. The number of aliphatic carboxylic acids is 2. The Morgan fingerprint density at radius 3 is 1.81 bits per heavy atom. The average molecular weight is 358 g/mol. The monoisotopic (exact) mass is 358 g/mol. The Morgan fingerprint density at radius 1 is 0.808 bits per heavy atom. The third kappa shape index (κ3) is 6.96. The van der Waals surface area contributed by atoms with Gasteiger partial charge in [-0.15, -0.1) is 0 Å². The van der Waals surface area contributed by atoms with Crippen LogP contribution in [0.4, 0.5) is 0 Å². The van der Waals surface area contributed by atoms with Crippen LogP contribution >= 0.6 is 0 Å². The molecule has 0 saturated carbocycles. The molecule has 26 heavy (non-hydrogen) atoms. The maximum absolute atomic E-state index is 9.10. The summed E-state index contributed by atoms with van der Waals surface area (Å²) in [5, 5.41) is 14.8. The fraction of sp³-hybridized carbons (Fsp3) is 0.333. The van der Waals surface area contributed by atoms with Gasteiger partial charge in [0.15, 0.2) is 0 Å². The normalized spacial score (nSPS) is 14.9. The van der Waals surface area contributed by atoms with E-state index < -0.39 is 11.9 Å². The van der Waals surface area contributed by atoms with Crippen molar-refractivity contribution in [2.24, 2.45) is 0 Å². The van der Waals surface area contributed by atoms with Crippen molar-refractivity contribution in [3.8, 4) is 0 Å². The highest BCUT2D eigenvalue weighted by Crippen LogP contribution is 2.10. The maximum Gasteiger partial charge on any atom is 0.414 e. The SMILES string of the molecule is O=C(O)C(=O)O.c1cncc(CN2CCN(Cc3ccncc3)CC2)c1. The topological polar surface area (TPSA) is 107 Å². The van der Waals surface area contributed by atoms with Gasteiger partial charge in [0.05, 0.1) is 0 Å². The molecule has 0 atom stereocenters. The summed E-state index contributed by atoms with van der Waals surface area (Å²) in [5.74, 6) is -3.65. The minimum absolute atomic E-state index is 1.01. The second-order valence-electron chi connectivity index (χ2n) is 5.88. The number of carbonyl (C=O) groups is 2. The predicted molar refractivity (Wildman–Crippen MR) is 94.3 cm³/mol. The highest BCUT2D eigenvalue weighted by molar-refractivity contribution is 6.27. The fourth-order valence-electron chi connectivity index (χ4n) is 2.60. The zero-order valence-corrected chi connectivity index (χ0v) is 14.4. The Bertz CT molecular complexity index is 627. The summed E-state index contributed by atoms with van der Waals surface area (Å²) < 4.78 is 0. The second-order valence-corrected chi connectivity index (χ2v) is 5.88. The molecule has 0 spiro atoms. The Balaban J connectivity index is 0.000000352.